The van der Waals surface area contributed by atoms with Gasteiger partial charge in [-0.05, 0) is 45.0 Å². The number of nitrogens with zero attached hydrogens (tertiary/aromatic N) is 2. The molecule has 0 aliphatic rings. The Morgan fingerprint density at radius 3 is 2.65 bits per heavy atom. The van der Waals surface area contributed by atoms with E-state index in [0.29, 0.717) is 27.2 Å². The van der Waals surface area contributed by atoms with Gasteiger partial charge in [0, 0.05) is 11.7 Å². The van der Waals surface area contributed by atoms with Crippen LogP contribution in [0.15, 0.2) is 47.2 Å². The lowest BCUT2D eigenvalue weighted by molar-refractivity contribution is 0.103. The van der Waals surface area contributed by atoms with E-state index in [1.165, 1.54) is 11.3 Å². The van der Waals surface area contributed by atoms with Gasteiger partial charge in [-0.25, -0.2) is 4.98 Å². The van der Waals surface area contributed by atoms with Crippen LogP contribution in [0.1, 0.15) is 36.1 Å². The third kappa shape index (κ3) is 3.48. The van der Waals surface area contributed by atoms with Gasteiger partial charge in [0.2, 0.25) is 5.78 Å². The third-order valence-electron chi connectivity index (χ3n) is 2.97. The number of pyridine rings is 1. The molecule has 23 heavy (non-hydrogen) atoms. The van der Waals surface area contributed by atoms with Gasteiger partial charge in [-0.2, -0.15) is 0 Å². The van der Waals surface area contributed by atoms with E-state index < -0.39 is 0 Å². The first-order valence-corrected chi connectivity index (χ1v) is 8.04. The zero-order valence-electron chi connectivity index (χ0n) is 13.2. The molecule has 3 aromatic heterocycles. The smallest absolute Gasteiger partial charge is 0.223 e. The molecule has 5 nitrogen and oxygen atoms in total. The largest absolute Gasteiger partial charge is 0.463 e. The number of aromatic nitrogens is 2. The molecule has 6 heteroatoms. The van der Waals surface area contributed by atoms with E-state index in [9.17, 15) is 4.79 Å². The lowest BCUT2D eigenvalue weighted by Crippen LogP contribution is -2.25. The first kappa shape index (κ1) is 15.4. The van der Waals surface area contributed by atoms with Crippen LogP contribution in [0.5, 0.6) is 0 Å². The summed E-state index contributed by atoms with van der Waals surface area (Å²) in [5.41, 5.74) is 0.789. The molecule has 0 amide bonds. The second-order valence-electron chi connectivity index (χ2n) is 6.09. The summed E-state index contributed by atoms with van der Waals surface area (Å²) in [5.74, 6) is 0.416. The maximum Gasteiger partial charge on any atom is 0.223 e. The summed E-state index contributed by atoms with van der Waals surface area (Å²) >= 11 is 1.32. The second-order valence-corrected chi connectivity index (χ2v) is 7.09. The fraction of sp³-hybridized carbons (Fsp3) is 0.235. The Labute approximate surface area is 138 Å². The minimum absolute atomic E-state index is 0.149. The Bertz CT molecular complexity index is 802. The number of carbonyl (C=O) groups excluding carboxylic acids is 1. The van der Waals surface area contributed by atoms with Crippen molar-refractivity contribution in [3.8, 4) is 11.5 Å². The molecule has 3 aromatic rings. The zero-order valence-corrected chi connectivity index (χ0v) is 14.0. The molecule has 0 fully saturated rings. The topological polar surface area (TPSA) is 68.0 Å². The van der Waals surface area contributed by atoms with Crippen LogP contribution in [-0.2, 0) is 0 Å². The summed E-state index contributed by atoms with van der Waals surface area (Å²) in [6.07, 6.45) is 3.18. The first-order valence-electron chi connectivity index (χ1n) is 7.23. The summed E-state index contributed by atoms with van der Waals surface area (Å²) in [6, 6.07) is 8.85. The molecule has 118 valence electrons. The minimum atomic E-state index is -0.156. The number of thiazole rings is 1. The fourth-order valence-corrected chi connectivity index (χ4v) is 3.17. The van der Waals surface area contributed by atoms with E-state index in [2.05, 4.69) is 15.3 Å². The van der Waals surface area contributed by atoms with Crippen LogP contribution in [-0.4, -0.2) is 21.3 Å². The molecule has 0 spiro atoms. The average Bonchev–Trinajstić information content (AvgIpc) is 3.14. The van der Waals surface area contributed by atoms with E-state index in [1.54, 1.807) is 42.8 Å². The molecule has 3 heterocycles. The number of hydrogen-bond acceptors (Lipinski definition) is 6. The van der Waals surface area contributed by atoms with Gasteiger partial charge in [0.1, 0.15) is 16.3 Å². The van der Waals surface area contributed by atoms with Crippen molar-refractivity contribution in [2.45, 2.75) is 26.3 Å². The van der Waals surface area contributed by atoms with Gasteiger partial charge < -0.3 is 9.73 Å². The fourth-order valence-electron chi connectivity index (χ4n) is 2.04. The Morgan fingerprint density at radius 2 is 2.04 bits per heavy atom. The number of nitrogens with one attached hydrogen (secondary N) is 1. The van der Waals surface area contributed by atoms with Gasteiger partial charge in [-0.3, -0.25) is 9.78 Å². The van der Waals surface area contributed by atoms with Crippen molar-refractivity contribution in [3.63, 3.8) is 0 Å². The van der Waals surface area contributed by atoms with Gasteiger partial charge >= 0.3 is 0 Å². The van der Waals surface area contributed by atoms with Crippen LogP contribution in [0.2, 0.25) is 0 Å². The molecule has 0 aliphatic heterocycles. The summed E-state index contributed by atoms with van der Waals surface area (Å²) in [6.45, 7) is 6.13. The number of rotatable bonds is 4. The van der Waals surface area contributed by atoms with Gasteiger partial charge in [0.15, 0.2) is 10.9 Å². The normalized spacial score (nSPS) is 11.4. The summed E-state index contributed by atoms with van der Waals surface area (Å²) in [4.78, 5) is 22.0. The highest BCUT2D eigenvalue weighted by Gasteiger charge is 2.24. The summed E-state index contributed by atoms with van der Waals surface area (Å²) < 4.78 is 5.43. The van der Waals surface area contributed by atoms with E-state index in [0.717, 1.165) is 0 Å². The Morgan fingerprint density at radius 1 is 1.22 bits per heavy atom. The van der Waals surface area contributed by atoms with Crippen molar-refractivity contribution in [3.05, 3.63) is 53.4 Å². The van der Waals surface area contributed by atoms with Crippen LogP contribution in [0.3, 0.4) is 0 Å². The highest BCUT2D eigenvalue weighted by atomic mass is 32.1. The van der Waals surface area contributed by atoms with Crippen LogP contribution >= 0.6 is 11.3 Å². The molecule has 0 radical (unpaired) electrons. The number of ketones is 1. The van der Waals surface area contributed by atoms with Crippen molar-refractivity contribution in [2.24, 2.45) is 0 Å². The number of furan rings is 1. The second kappa shape index (κ2) is 5.96. The number of anilines is 1. The van der Waals surface area contributed by atoms with Gasteiger partial charge in [0.05, 0.1) is 6.26 Å². The molecular formula is C17H17N3O2S. The van der Waals surface area contributed by atoms with Gasteiger partial charge in [-0.1, -0.05) is 17.4 Å². The Balaban J connectivity index is 2.05. The van der Waals surface area contributed by atoms with Crippen molar-refractivity contribution in [2.75, 3.05) is 5.32 Å². The highest BCUT2D eigenvalue weighted by Crippen LogP contribution is 2.34. The van der Waals surface area contributed by atoms with Gasteiger partial charge in [-0.15, -0.1) is 0 Å². The molecular weight excluding hydrogens is 310 g/mol. The van der Waals surface area contributed by atoms with Crippen LogP contribution in [0, 0.1) is 0 Å². The monoisotopic (exact) mass is 327 g/mol. The highest BCUT2D eigenvalue weighted by molar-refractivity contribution is 7.18. The maximum absolute atomic E-state index is 12.8. The SMILES string of the molecule is CC(C)(C)Nc1nc(-c2ccco2)c(C(=O)c2ccccn2)s1. The van der Waals surface area contributed by atoms with E-state index >= 15 is 0 Å². The van der Waals surface area contributed by atoms with E-state index in [1.807, 2.05) is 20.8 Å². The third-order valence-corrected chi connectivity index (χ3v) is 3.94. The van der Waals surface area contributed by atoms with E-state index in [-0.39, 0.29) is 11.3 Å². The Kier molecular flexibility index (Phi) is 4.00. The lowest BCUT2D eigenvalue weighted by Gasteiger charge is -2.19. The van der Waals surface area contributed by atoms with E-state index in [4.69, 9.17) is 4.42 Å². The molecule has 0 saturated heterocycles. The average molecular weight is 327 g/mol. The minimum Gasteiger partial charge on any atom is -0.463 e. The summed E-state index contributed by atoms with van der Waals surface area (Å²) in [5, 5.41) is 3.99. The first-order chi connectivity index (χ1) is 10.9. The molecule has 1 N–H and O–H groups in total. The quantitative estimate of drug-likeness (QED) is 0.726. The lowest BCUT2D eigenvalue weighted by atomic mass is 10.1. The van der Waals surface area contributed by atoms with Crippen molar-refractivity contribution < 1.29 is 9.21 Å². The van der Waals surface area contributed by atoms with Crippen LogP contribution < -0.4 is 5.32 Å². The predicted octanol–water partition coefficient (Wildman–Crippen LogP) is 4.24. The van der Waals surface area contributed by atoms with Crippen molar-refractivity contribution >= 4 is 22.3 Å². The number of carbonyl (C=O) groups is 1. The number of hydrogen-bond donors (Lipinski definition) is 1. The van der Waals surface area contributed by atoms with Crippen LogP contribution in [0.4, 0.5) is 5.13 Å². The predicted molar refractivity (Wildman–Crippen MR) is 90.9 cm³/mol. The van der Waals surface area contributed by atoms with Crippen molar-refractivity contribution in [1.29, 1.82) is 0 Å². The molecule has 0 unspecified atom stereocenters. The van der Waals surface area contributed by atoms with Gasteiger partial charge in [0.25, 0.3) is 0 Å². The van der Waals surface area contributed by atoms with Crippen LogP contribution in [0.25, 0.3) is 11.5 Å². The summed E-state index contributed by atoms with van der Waals surface area (Å²) in [7, 11) is 0. The van der Waals surface area contributed by atoms with Crippen molar-refractivity contribution in [1.82, 2.24) is 9.97 Å². The molecule has 0 aliphatic carbocycles. The zero-order chi connectivity index (χ0) is 16.4. The maximum atomic E-state index is 12.8. The molecule has 0 saturated carbocycles. The molecule has 0 bridgehead atoms. The standard InChI is InChI=1S/C17H17N3O2S/c1-17(2,3)20-16-19-13(12-8-6-10-22-12)15(23-16)14(21)11-7-4-5-9-18-11/h4-10H,1-3H3,(H,19,20). The Hall–Kier alpha value is -2.47. The molecule has 0 aromatic carbocycles. The molecule has 0 atom stereocenters. The molecule has 3 rings (SSSR count).